The van der Waals surface area contributed by atoms with Crippen LogP contribution in [0.1, 0.15) is 38.5 Å². The summed E-state index contributed by atoms with van der Waals surface area (Å²) >= 11 is 0. The summed E-state index contributed by atoms with van der Waals surface area (Å²) in [6.45, 7) is 3.90. The summed E-state index contributed by atoms with van der Waals surface area (Å²) in [4.78, 5) is 0. The molecule has 2 saturated carbocycles. The molecule has 0 aromatic rings. The predicted molar refractivity (Wildman–Crippen MR) is 49.8 cm³/mol. The van der Waals surface area contributed by atoms with Gasteiger partial charge in [0.1, 0.15) is 0 Å². The minimum absolute atomic E-state index is 0.0576. The Morgan fingerprint density at radius 1 is 1.25 bits per heavy atom. The van der Waals surface area contributed by atoms with Crippen molar-refractivity contribution < 1.29 is 5.11 Å². The molecule has 1 nitrogen and oxygen atoms in total. The van der Waals surface area contributed by atoms with Crippen molar-refractivity contribution in [3.8, 4) is 0 Å². The first-order chi connectivity index (χ1) is 5.79. The SMILES string of the molecule is C=C1CC1C(O)C1CCCCC1. The summed E-state index contributed by atoms with van der Waals surface area (Å²) < 4.78 is 0. The highest BCUT2D eigenvalue weighted by atomic mass is 16.3. The molecule has 0 radical (unpaired) electrons. The highest BCUT2D eigenvalue weighted by molar-refractivity contribution is 5.21. The molecule has 0 bridgehead atoms. The highest BCUT2D eigenvalue weighted by Crippen LogP contribution is 2.43. The van der Waals surface area contributed by atoms with Gasteiger partial charge in [-0.2, -0.15) is 0 Å². The Labute approximate surface area is 74.5 Å². The van der Waals surface area contributed by atoms with Gasteiger partial charge in [-0.15, -0.1) is 0 Å². The van der Waals surface area contributed by atoms with Gasteiger partial charge in [0.25, 0.3) is 0 Å². The summed E-state index contributed by atoms with van der Waals surface area (Å²) in [5.41, 5.74) is 1.27. The van der Waals surface area contributed by atoms with Crippen molar-refractivity contribution in [1.29, 1.82) is 0 Å². The second kappa shape index (κ2) is 3.21. The van der Waals surface area contributed by atoms with Gasteiger partial charge in [-0.05, 0) is 25.2 Å². The van der Waals surface area contributed by atoms with Gasteiger partial charge < -0.3 is 5.11 Å². The first kappa shape index (κ1) is 8.31. The molecule has 0 amide bonds. The Balaban J connectivity index is 1.85. The van der Waals surface area contributed by atoms with Crippen LogP contribution in [0.4, 0.5) is 0 Å². The largest absolute Gasteiger partial charge is 0.392 e. The van der Waals surface area contributed by atoms with Crippen LogP contribution < -0.4 is 0 Å². The second-order valence-electron chi connectivity index (χ2n) is 4.36. The number of rotatable bonds is 2. The molecule has 12 heavy (non-hydrogen) atoms. The lowest BCUT2D eigenvalue weighted by Gasteiger charge is -2.26. The first-order valence-corrected chi connectivity index (χ1v) is 5.15. The molecule has 1 heteroatoms. The van der Waals surface area contributed by atoms with Crippen molar-refractivity contribution in [2.45, 2.75) is 44.6 Å². The standard InChI is InChI=1S/C11H18O/c1-8-7-10(8)11(12)9-5-3-2-4-6-9/h9-12H,1-7H2. The van der Waals surface area contributed by atoms with Crippen LogP contribution in [0.15, 0.2) is 12.2 Å². The van der Waals surface area contributed by atoms with Crippen LogP contribution in [0.3, 0.4) is 0 Å². The molecule has 0 heterocycles. The maximum Gasteiger partial charge on any atom is 0.0636 e. The molecule has 0 spiro atoms. The van der Waals surface area contributed by atoms with E-state index >= 15 is 0 Å². The molecular weight excluding hydrogens is 148 g/mol. The fourth-order valence-electron chi connectivity index (χ4n) is 2.39. The number of aliphatic hydroxyl groups is 1. The van der Waals surface area contributed by atoms with Gasteiger partial charge in [0.2, 0.25) is 0 Å². The summed E-state index contributed by atoms with van der Waals surface area (Å²) in [6, 6.07) is 0. The van der Waals surface area contributed by atoms with E-state index in [1.807, 2.05) is 0 Å². The van der Waals surface area contributed by atoms with Crippen molar-refractivity contribution in [3.63, 3.8) is 0 Å². The smallest absolute Gasteiger partial charge is 0.0636 e. The van der Waals surface area contributed by atoms with Crippen LogP contribution in [0.5, 0.6) is 0 Å². The molecule has 2 fully saturated rings. The minimum Gasteiger partial charge on any atom is -0.392 e. The van der Waals surface area contributed by atoms with Gasteiger partial charge >= 0.3 is 0 Å². The number of aliphatic hydroxyl groups excluding tert-OH is 1. The van der Waals surface area contributed by atoms with E-state index in [0.29, 0.717) is 11.8 Å². The highest BCUT2D eigenvalue weighted by Gasteiger charge is 2.38. The van der Waals surface area contributed by atoms with Crippen LogP contribution in [-0.4, -0.2) is 11.2 Å². The molecule has 0 aromatic heterocycles. The van der Waals surface area contributed by atoms with Gasteiger partial charge in [0.05, 0.1) is 6.10 Å². The molecular formula is C11H18O. The van der Waals surface area contributed by atoms with E-state index in [4.69, 9.17) is 0 Å². The third kappa shape index (κ3) is 1.56. The van der Waals surface area contributed by atoms with Gasteiger partial charge in [-0.25, -0.2) is 0 Å². The Hall–Kier alpha value is -0.300. The van der Waals surface area contributed by atoms with Crippen molar-refractivity contribution in [2.24, 2.45) is 11.8 Å². The maximum absolute atomic E-state index is 9.92. The maximum atomic E-state index is 9.92. The molecule has 2 aliphatic rings. The van der Waals surface area contributed by atoms with E-state index in [0.717, 1.165) is 6.42 Å². The Bertz CT molecular complexity index is 179. The van der Waals surface area contributed by atoms with Crippen LogP contribution in [0, 0.1) is 11.8 Å². The van der Waals surface area contributed by atoms with Crippen LogP contribution >= 0.6 is 0 Å². The molecule has 0 aliphatic heterocycles. The van der Waals surface area contributed by atoms with E-state index in [1.165, 1.54) is 37.7 Å². The Kier molecular flexibility index (Phi) is 2.22. The Morgan fingerprint density at radius 2 is 1.83 bits per heavy atom. The summed E-state index contributed by atoms with van der Waals surface area (Å²) in [5.74, 6) is 1.05. The Morgan fingerprint density at radius 3 is 2.33 bits per heavy atom. The molecule has 2 aliphatic carbocycles. The van der Waals surface area contributed by atoms with Gasteiger partial charge in [0, 0.05) is 5.92 Å². The molecule has 0 saturated heterocycles. The second-order valence-corrected chi connectivity index (χ2v) is 4.36. The fourth-order valence-corrected chi connectivity index (χ4v) is 2.39. The number of hydrogen-bond donors (Lipinski definition) is 1. The van der Waals surface area contributed by atoms with Crippen molar-refractivity contribution in [1.82, 2.24) is 0 Å². The van der Waals surface area contributed by atoms with Gasteiger partial charge in [0.15, 0.2) is 0 Å². The normalized spacial score (nSPS) is 33.4. The molecule has 2 unspecified atom stereocenters. The minimum atomic E-state index is -0.0576. The van der Waals surface area contributed by atoms with Crippen LogP contribution in [0.25, 0.3) is 0 Å². The van der Waals surface area contributed by atoms with E-state index in [1.54, 1.807) is 0 Å². The lowest BCUT2D eigenvalue weighted by molar-refractivity contribution is 0.0697. The molecule has 68 valence electrons. The third-order valence-corrected chi connectivity index (χ3v) is 3.39. The average Bonchev–Trinajstić information content (AvgIpc) is 2.83. The molecule has 0 aromatic carbocycles. The zero-order chi connectivity index (χ0) is 8.55. The zero-order valence-corrected chi connectivity index (χ0v) is 7.63. The van der Waals surface area contributed by atoms with E-state index in [-0.39, 0.29) is 6.10 Å². The van der Waals surface area contributed by atoms with E-state index in [9.17, 15) is 5.11 Å². The number of hydrogen-bond acceptors (Lipinski definition) is 1. The zero-order valence-electron chi connectivity index (χ0n) is 7.63. The summed E-state index contributed by atoms with van der Waals surface area (Å²) in [6.07, 6.45) is 7.52. The van der Waals surface area contributed by atoms with Crippen molar-refractivity contribution in [3.05, 3.63) is 12.2 Å². The van der Waals surface area contributed by atoms with Crippen molar-refractivity contribution >= 4 is 0 Å². The summed E-state index contributed by atoms with van der Waals surface area (Å²) in [5, 5.41) is 9.92. The lowest BCUT2D eigenvalue weighted by atomic mass is 9.83. The molecule has 2 atom stereocenters. The average molecular weight is 166 g/mol. The van der Waals surface area contributed by atoms with Crippen LogP contribution in [0.2, 0.25) is 0 Å². The lowest BCUT2D eigenvalue weighted by Crippen LogP contribution is -2.24. The quantitative estimate of drug-likeness (QED) is 0.625. The predicted octanol–water partition coefficient (Wildman–Crippen LogP) is 2.50. The van der Waals surface area contributed by atoms with Crippen LogP contribution in [-0.2, 0) is 0 Å². The molecule has 2 rings (SSSR count). The van der Waals surface area contributed by atoms with E-state index < -0.39 is 0 Å². The third-order valence-electron chi connectivity index (χ3n) is 3.39. The van der Waals surface area contributed by atoms with E-state index in [2.05, 4.69) is 6.58 Å². The van der Waals surface area contributed by atoms with Gasteiger partial charge in [-0.1, -0.05) is 31.4 Å². The monoisotopic (exact) mass is 166 g/mol. The summed E-state index contributed by atoms with van der Waals surface area (Å²) in [7, 11) is 0. The van der Waals surface area contributed by atoms with Gasteiger partial charge in [-0.3, -0.25) is 0 Å². The van der Waals surface area contributed by atoms with Crippen molar-refractivity contribution in [2.75, 3.05) is 0 Å². The molecule has 1 N–H and O–H groups in total. The topological polar surface area (TPSA) is 20.2 Å². The first-order valence-electron chi connectivity index (χ1n) is 5.15. The fraction of sp³-hybridized carbons (Fsp3) is 0.818.